The molecule has 1 aromatic rings. The Morgan fingerprint density at radius 3 is 2.81 bits per heavy atom. The van der Waals surface area contributed by atoms with Crippen LogP contribution in [0, 0.1) is 6.92 Å². The number of nitrogens with zero attached hydrogens (tertiary/aromatic N) is 1. The number of benzene rings is 1. The predicted octanol–water partition coefficient (Wildman–Crippen LogP) is 1.29. The largest absolute Gasteiger partial charge is 0.439 e. The third-order valence-corrected chi connectivity index (χ3v) is 3.84. The van der Waals surface area contributed by atoms with Crippen molar-refractivity contribution in [1.82, 2.24) is 10.2 Å². The highest BCUT2D eigenvalue weighted by Gasteiger charge is 2.41. The van der Waals surface area contributed by atoms with Crippen molar-refractivity contribution in [1.29, 1.82) is 0 Å². The molecule has 6 nitrogen and oxygen atoms in total. The van der Waals surface area contributed by atoms with Gasteiger partial charge in [-0.05, 0) is 18.9 Å². The van der Waals surface area contributed by atoms with Crippen molar-refractivity contribution in [3.63, 3.8) is 0 Å². The summed E-state index contributed by atoms with van der Waals surface area (Å²) in [7, 11) is 0. The second-order valence-corrected chi connectivity index (χ2v) is 5.41. The van der Waals surface area contributed by atoms with Crippen LogP contribution in [0.4, 0.5) is 4.79 Å². The zero-order valence-electron chi connectivity index (χ0n) is 11.7. The molecule has 2 saturated heterocycles. The molecule has 1 N–H and O–H groups in total. The van der Waals surface area contributed by atoms with Gasteiger partial charge >= 0.3 is 6.09 Å². The van der Waals surface area contributed by atoms with Gasteiger partial charge in [0.1, 0.15) is 12.1 Å². The van der Waals surface area contributed by atoms with Gasteiger partial charge in [0.25, 0.3) is 0 Å². The minimum Gasteiger partial charge on any atom is -0.439 e. The van der Waals surface area contributed by atoms with Crippen molar-refractivity contribution >= 4 is 17.9 Å². The molecule has 3 rings (SSSR count). The van der Waals surface area contributed by atoms with Crippen LogP contribution in [-0.4, -0.2) is 35.4 Å². The first-order valence-corrected chi connectivity index (χ1v) is 6.92. The molecule has 0 bridgehead atoms. The minimum absolute atomic E-state index is 0.245. The lowest BCUT2D eigenvalue weighted by atomic mass is 10.0. The summed E-state index contributed by atoms with van der Waals surface area (Å²) >= 11 is 0. The quantitative estimate of drug-likeness (QED) is 0.832. The number of imide groups is 1. The maximum absolute atomic E-state index is 12.0. The Bertz CT molecular complexity index is 613. The summed E-state index contributed by atoms with van der Waals surface area (Å²) in [6, 6.07) is 7.13. The number of hydrogen-bond acceptors (Lipinski definition) is 4. The van der Waals surface area contributed by atoms with Crippen molar-refractivity contribution in [2.45, 2.75) is 31.9 Å². The lowest BCUT2D eigenvalue weighted by molar-refractivity contribution is -0.136. The van der Waals surface area contributed by atoms with Crippen LogP contribution in [0.3, 0.4) is 0 Å². The van der Waals surface area contributed by atoms with E-state index in [0.717, 1.165) is 11.1 Å². The number of amides is 3. The number of aryl methyl sites for hydroxylation is 1. The lowest BCUT2D eigenvalue weighted by Crippen LogP contribution is -2.52. The zero-order valence-corrected chi connectivity index (χ0v) is 11.7. The molecule has 2 atom stereocenters. The van der Waals surface area contributed by atoms with Crippen molar-refractivity contribution in [3.8, 4) is 0 Å². The monoisotopic (exact) mass is 288 g/mol. The summed E-state index contributed by atoms with van der Waals surface area (Å²) in [5.41, 5.74) is 2.00. The van der Waals surface area contributed by atoms with Gasteiger partial charge in [-0.2, -0.15) is 0 Å². The maximum Gasteiger partial charge on any atom is 0.411 e. The van der Waals surface area contributed by atoms with Crippen LogP contribution in [0.15, 0.2) is 24.3 Å². The molecule has 0 saturated carbocycles. The first kappa shape index (κ1) is 13.6. The third kappa shape index (κ3) is 2.61. The van der Waals surface area contributed by atoms with Crippen LogP contribution in [0.1, 0.15) is 30.1 Å². The van der Waals surface area contributed by atoms with Gasteiger partial charge in [-0.3, -0.25) is 19.8 Å². The molecule has 1 aromatic carbocycles. The average Bonchev–Trinajstić information content (AvgIpc) is 2.81. The van der Waals surface area contributed by atoms with E-state index in [1.54, 1.807) is 0 Å². The van der Waals surface area contributed by atoms with Crippen LogP contribution in [-0.2, 0) is 14.3 Å². The van der Waals surface area contributed by atoms with E-state index in [4.69, 9.17) is 4.74 Å². The Balaban J connectivity index is 1.76. The topological polar surface area (TPSA) is 75.7 Å². The SMILES string of the molecule is Cc1cccc([C@@H]2CN(C3CCC(=O)NC3=O)C(=O)O2)c1. The van der Waals surface area contributed by atoms with E-state index in [9.17, 15) is 14.4 Å². The fourth-order valence-corrected chi connectivity index (χ4v) is 2.76. The molecule has 3 amide bonds. The van der Waals surface area contributed by atoms with E-state index in [1.807, 2.05) is 31.2 Å². The highest BCUT2D eigenvalue weighted by atomic mass is 16.6. The van der Waals surface area contributed by atoms with E-state index in [-0.39, 0.29) is 18.4 Å². The molecule has 110 valence electrons. The summed E-state index contributed by atoms with van der Waals surface area (Å²) < 4.78 is 5.37. The molecule has 2 aliphatic rings. The Morgan fingerprint density at radius 2 is 2.10 bits per heavy atom. The summed E-state index contributed by atoms with van der Waals surface area (Å²) in [6.07, 6.45) is -0.283. The Labute approximate surface area is 122 Å². The Morgan fingerprint density at radius 1 is 1.29 bits per heavy atom. The second kappa shape index (κ2) is 5.20. The van der Waals surface area contributed by atoms with E-state index in [1.165, 1.54) is 4.90 Å². The highest BCUT2D eigenvalue weighted by Crippen LogP contribution is 2.29. The molecule has 21 heavy (non-hydrogen) atoms. The maximum atomic E-state index is 12.0. The lowest BCUT2D eigenvalue weighted by Gasteiger charge is -2.27. The van der Waals surface area contributed by atoms with E-state index in [2.05, 4.69) is 5.32 Å². The van der Waals surface area contributed by atoms with Gasteiger partial charge in [0.15, 0.2) is 0 Å². The van der Waals surface area contributed by atoms with Gasteiger partial charge in [-0.1, -0.05) is 29.8 Å². The molecule has 2 fully saturated rings. The Hall–Kier alpha value is -2.37. The average molecular weight is 288 g/mol. The van der Waals surface area contributed by atoms with Gasteiger partial charge in [0.2, 0.25) is 11.8 Å². The third-order valence-electron chi connectivity index (χ3n) is 3.84. The normalized spacial score (nSPS) is 25.8. The molecule has 0 radical (unpaired) electrons. The van der Waals surface area contributed by atoms with Gasteiger partial charge in [0.05, 0.1) is 6.54 Å². The number of nitrogens with one attached hydrogen (secondary N) is 1. The van der Waals surface area contributed by atoms with Crippen LogP contribution >= 0.6 is 0 Å². The highest BCUT2D eigenvalue weighted by molar-refractivity contribution is 6.01. The molecule has 0 aliphatic carbocycles. The molecular weight excluding hydrogens is 272 g/mol. The van der Waals surface area contributed by atoms with Crippen LogP contribution < -0.4 is 5.32 Å². The van der Waals surface area contributed by atoms with Gasteiger partial charge in [-0.15, -0.1) is 0 Å². The summed E-state index contributed by atoms with van der Waals surface area (Å²) in [6.45, 7) is 2.30. The number of hydrogen-bond donors (Lipinski definition) is 1. The van der Waals surface area contributed by atoms with Crippen molar-refractivity contribution in [3.05, 3.63) is 35.4 Å². The van der Waals surface area contributed by atoms with Crippen LogP contribution in [0.5, 0.6) is 0 Å². The summed E-state index contributed by atoms with van der Waals surface area (Å²) in [5.74, 6) is -0.716. The fraction of sp³-hybridized carbons (Fsp3) is 0.400. The smallest absolute Gasteiger partial charge is 0.411 e. The molecular formula is C15H16N2O4. The summed E-state index contributed by atoms with van der Waals surface area (Å²) in [5, 5.41) is 2.26. The van der Waals surface area contributed by atoms with Gasteiger partial charge in [-0.25, -0.2) is 4.79 Å². The Kier molecular flexibility index (Phi) is 3.37. The minimum atomic E-state index is -0.620. The number of carbonyl (C=O) groups excluding carboxylic acids is 3. The summed E-state index contributed by atoms with van der Waals surface area (Å²) in [4.78, 5) is 36.4. The molecule has 0 aromatic heterocycles. The number of ether oxygens (including phenoxy) is 1. The number of carbonyl (C=O) groups is 3. The zero-order chi connectivity index (χ0) is 15.0. The number of cyclic esters (lactones) is 1. The van der Waals surface area contributed by atoms with Crippen LogP contribution in [0.25, 0.3) is 0 Å². The molecule has 1 unspecified atom stereocenters. The van der Waals surface area contributed by atoms with E-state index >= 15 is 0 Å². The van der Waals surface area contributed by atoms with Crippen molar-refractivity contribution in [2.24, 2.45) is 0 Å². The van der Waals surface area contributed by atoms with Crippen molar-refractivity contribution in [2.75, 3.05) is 6.54 Å². The van der Waals surface area contributed by atoms with Crippen molar-refractivity contribution < 1.29 is 19.1 Å². The standard InChI is InChI=1S/C15H16N2O4/c1-9-3-2-4-10(7-9)12-8-17(15(20)21-12)11-5-6-13(18)16-14(11)19/h2-4,7,11-12H,5-6,8H2,1H3,(H,16,18,19)/t11?,12-/m0/s1. The van der Waals surface area contributed by atoms with E-state index < -0.39 is 18.0 Å². The number of piperidine rings is 1. The fourth-order valence-electron chi connectivity index (χ4n) is 2.76. The van der Waals surface area contributed by atoms with E-state index in [0.29, 0.717) is 13.0 Å². The van der Waals surface area contributed by atoms with Crippen LogP contribution in [0.2, 0.25) is 0 Å². The molecule has 0 spiro atoms. The molecule has 6 heteroatoms. The predicted molar refractivity (Wildman–Crippen MR) is 73.3 cm³/mol. The number of rotatable bonds is 2. The first-order valence-electron chi connectivity index (χ1n) is 6.92. The molecule has 2 aliphatic heterocycles. The molecule has 2 heterocycles. The first-order chi connectivity index (χ1) is 10.0. The van der Waals surface area contributed by atoms with Gasteiger partial charge < -0.3 is 4.74 Å². The van der Waals surface area contributed by atoms with Gasteiger partial charge in [0, 0.05) is 6.42 Å². The second-order valence-electron chi connectivity index (χ2n) is 5.41.